The Labute approximate surface area is 236 Å². The summed E-state index contributed by atoms with van der Waals surface area (Å²) in [5, 5.41) is 23.5. The van der Waals surface area contributed by atoms with Crippen LogP contribution in [0.1, 0.15) is 44.7 Å². The fraction of sp³-hybridized carbons (Fsp3) is 0.615. The molecule has 3 saturated heterocycles. The van der Waals surface area contributed by atoms with E-state index in [1.165, 1.54) is 10.9 Å². The summed E-state index contributed by atoms with van der Waals surface area (Å²) in [5.41, 5.74) is 6.62. The van der Waals surface area contributed by atoms with Crippen LogP contribution in [0.2, 0.25) is 0 Å². The maximum absolute atomic E-state index is 12.4. The number of piperidine rings is 1. The highest BCUT2D eigenvalue weighted by Crippen LogP contribution is 2.32. The summed E-state index contributed by atoms with van der Waals surface area (Å²) >= 11 is 0. The van der Waals surface area contributed by atoms with Crippen LogP contribution in [0.4, 0.5) is 10.6 Å². The number of ether oxygens (including phenoxy) is 2. The number of aliphatic hydroxyl groups excluding tert-OH is 2. The van der Waals surface area contributed by atoms with E-state index in [4.69, 9.17) is 15.2 Å². The normalized spacial score (nSPS) is 26.4. The van der Waals surface area contributed by atoms with Crippen molar-refractivity contribution in [1.29, 1.82) is 0 Å². The Hall–Kier alpha value is -4.00. The first-order chi connectivity index (χ1) is 19.7. The average molecular weight is 571 g/mol. The number of nitrogen functional groups attached to an aromatic ring is 1. The summed E-state index contributed by atoms with van der Waals surface area (Å²) in [6.45, 7) is 3.41. The lowest BCUT2D eigenvalue weighted by Gasteiger charge is -2.37. The molecule has 3 amide bonds. The molecule has 3 fully saturated rings. The van der Waals surface area contributed by atoms with Crippen molar-refractivity contribution in [3.63, 3.8) is 0 Å². The van der Waals surface area contributed by atoms with Gasteiger partial charge in [0, 0.05) is 33.1 Å². The number of carbonyl (C=O) groups excluding carboxylic acids is 3. The van der Waals surface area contributed by atoms with E-state index in [0.717, 1.165) is 12.8 Å². The third-order valence-corrected chi connectivity index (χ3v) is 7.78. The molecule has 15 heteroatoms. The number of nitrogens with zero attached hydrogens (tertiary/aromatic N) is 6. The Morgan fingerprint density at radius 2 is 2.00 bits per heavy atom. The first kappa shape index (κ1) is 28.5. The van der Waals surface area contributed by atoms with Crippen LogP contribution in [-0.2, 0) is 19.1 Å². The van der Waals surface area contributed by atoms with Crippen molar-refractivity contribution in [1.82, 2.24) is 34.6 Å². The molecule has 220 valence electrons. The number of likely N-dealkylation sites (N-methyl/N-ethyl adjacent to an activating group) is 2. The van der Waals surface area contributed by atoms with Gasteiger partial charge in [-0.3, -0.25) is 14.2 Å². The Morgan fingerprint density at radius 1 is 1.24 bits per heavy atom. The maximum atomic E-state index is 12.4. The number of hydrogen-bond donors (Lipinski definition) is 4. The van der Waals surface area contributed by atoms with Gasteiger partial charge >= 0.3 is 6.09 Å². The number of imidazole rings is 1. The molecule has 0 saturated carbocycles. The number of β-lactam (4-membered cyclic amide) rings is 1. The molecule has 5 unspecified atom stereocenters. The van der Waals surface area contributed by atoms with E-state index < -0.39 is 30.4 Å². The molecule has 3 aliphatic rings. The van der Waals surface area contributed by atoms with Crippen molar-refractivity contribution >= 4 is 34.9 Å². The van der Waals surface area contributed by atoms with E-state index in [1.54, 1.807) is 23.8 Å². The van der Waals surface area contributed by atoms with Crippen LogP contribution in [0.25, 0.3) is 11.2 Å². The van der Waals surface area contributed by atoms with Gasteiger partial charge in [-0.25, -0.2) is 19.7 Å². The van der Waals surface area contributed by atoms with Gasteiger partial charge in [-0.1, -0.05) is 5.92 Å². The largest absolute Gasteiger partial charge is 0.447 e. The molecule has 5 rings (SSSR count). The minimum Gasteiger partial charge on any atom is -0.447 e. The van der Waals surface area contributed by atoms with Gasteiger partial charge in [0.2, 0.25) is 11.7 Å². The standard InChI is InChI=1S/C26H34N8O7/c1-3-28-24(38)21-19(36)20(37)25(41-21)34-13-29-18-22(27)30-16(31-23(18)34)6-4-5-14-7-9-33(10-8-14)26(39)40-12-15-11-17(35)32(15)2/h13-15,19-21,25,36-37H,3,5,7-12H2,1-2H3,(H,28,38)(H2,27,30,31). The van der Waals surface area contributed by atoms with E-state index in [9.17, 15) is 24.6 Å². The zero-order valence-electron chi connectivity index (χ0n) is 22.9. The SMILES string of the molecule is CCNC(=O)C1OC(n2cnc3c(N)nc(C#CCC4CCN(C(=O)OCC5CC(=O)N5C)CC4)nc32)C(O)C1O. The molecule has 0 bridgehead atoms. The molecular formula is C26H34N8O7. The predicted molar refractivity (Wildman–Crippen MR) is 143 cm³/mol. The number of anilines is 1. The fourth-order valence-electron chi connectivity index (χ4n) is 5.16. The number of hydrogen-bond acceptors (Lipinski definition) is 11. The second kappa shape index (κ2) is 11.9. The molecule has 2 aromatic rings. The molecule has 0 radical (unpaired) electrons. The summed E-state index contributed by atoms with van der Waals surface area (Å²) < 4.78 is 12.5. The summed E-state index contributed by atoms with van der Waals surface area (Å²) in [6, 6.07) is -0.0417. The lowest BCUT2D eigenvalue weighted by Crippen LogP contribution is -2.53. The van der Waals surface area contributed by atoms with Crippen molar-refractivity contribution in [3.8, 4) is 11.8 Å². The van der Waals surface area contributed by atoms with Crippen molar-refractivity contribution in [2.45, 2.75) is 63.2 Å². The van der Waals surface area contributed by atoms with E-state index in [2.05, 4.69) is 32.1 Å². The molecule has 3 aliphatic heterocycles. The van der Waals surface area contributed by atoms with Gasteiger partial charge in [0.05, 0.1) is 18.8 Å². The summed E-state index contributed by atoms with van der Waals surface area (Å²) in [5.74, 6) is 6.09. The minimum atomic E-state index is -1.44. The highest BCUT2D eigenvalue weighted by atomic mass is 16.6. The van der Waals surface area contributed by atoms with Crippen molar-refractivity contribution < 1.29 is 34.1 Å². The van der Waals surface area contributed by atoms with Crippen LogP contribution in [0, 0.1) is 17.8 Å². The average Bonchev–Trinajstić information content (AvgIpc) is 3.51. The van der Waals surface area contributed by atoms with Gasteiger partial charge in [0.25, 0.3) is 5.91 Å². The van der Waals surface area contributed by atoms with Crippen LogP contribution >= 0.6 is 0 Å². The summed E-state index contributed by atoms with van der Waals surface area (Å²) in [7, 11) is 1.70. The Balaban J connectivity index is 1.18. The molecular weight excluding hydrogens is 536 g/mol. The first-order valence-corrected chi connectivity index (χ1v) is 13.6. The number of amides is 3. The highest BCUT2D eigenvalue weighted by Gasteiger charge is 2.47. The zero-order chi connectivity index (χ0) is 29.3. The van der Waals surface area contributed by atoms with Gasteiger partial charge in [-0.05, 0) is 31.6 Å². The molecule has 5 N–H and O–H groups in total. The van der Waals surface area contributed by atoms with Gasteiger partial charge in [0.15, 0.2) is 23.8 Å². The fourth-order valence-corrected chi connectivity index (χ4v) is 5.16. The molecule has 0 aliphatic carbocycles. The number of carbonyl (C=O) groups is 3. The zero-order valence-corrected chi connectivity index (χ0v) is 22.9. The number of aliphatic hydroxyl groups is 2. The van der Waals surface area contributed by atoms with E-state index in [-0.39, 0.29) is 53.4 Å². The number of aromatic nitrogens is 4. The van der Waals surface area contributed by atoms with Gasteiger partial charge in [-0.15, -0.1) is 0 Å². The number of fused-ring (bicyclic) bond motifs is 1. The number of rotatable bonds is 6. The molecule has 2 aromatic heterocycles. The molecule has 0 aromatic carbocycles. The molecule has 15 nitrogen and oxygen atoms in total. The molecule has 0 spiro atoms. The second-order valence-electron chi connectivity index (χ2n) is 10.5. The van der Waals surface area contributed by atoms with E-state index >= 15 is 0 Å². The third-order valence-electron chi connectivity index (χ3n) is 7.78. The number of likely N-dealkylation sites (tertiary alicyclic amines) is 2. The Kier molecular flexibility index (Phi) is 8.25. The topological polar surface area (TPSA) is 198 Å². The van der Waals surface area contributed by atoms with Crippen LogP contribution < -0.4 is 11.1 Å². The number of nitrogens with one attached hydrogen (secondary N) is 1. The molecule has 5 atom stereocenters. The number of nitrogens with two attached hydrogens (primary N) is 1. The lowest BCUT2D eigenvalue weighted by atomic mass is 9.94. The monoisotopic (exact) mass is 570 g/mol. The maximum Gasteiger partial charge on any atom is 0.409 e. The van der Waals surface area contributed by atoms with Crippen LogP contribution in [-0.4, -0.2) is 115 Å². The lowest BCUT2D eigenvalue weighted by molar-refractivity contribution is -0.145. The quantitative estimate of drug-likeness (QED) is 0.245. The van der Waals surface area contributed by atoms with E-state index in [1.807, 2.05) is 0 Å². The van der Waals surface area contributed by atoms with Crippen molar-refractivity contribution in [2.75, 3.05) is 39.0 Å². The van der Waals surface area contributed by atoms with Crippen LogP contribution in [0.3, 0.4) is 0 Å². The molecule has 5 heterocycles. The van der Waals surface area contributed by atoms with Gasteiger partial charge in [0.1, 0.15) is 24.3 Å². The van der Waals surface area contributed by atoms with Gasteiger partial charge in [-0.2, -0.15) is 0 Å². The first-order valence-electron chi connectivity index (χ1n) is 13.6. The predicted octanol–water partition coefficient (Wildman–Crippen LogP) is -1.02. The second-order valence-corrected chi connectivity index (χ2v) is 10.5. The van der Waals surface area contributed by atoms with Crippen molar-refractivity contribution in [2.24, 2.45) is 5.92 Å². The highest BCUT2D eigenvalue weighted by molar-refractivity contribution is 5.83. The molecule has 41 heavy (non-hydrogen) atoms. The minimum absolute atomic E-state index is 0.0417. The smallest absolute Gasteiger partial charge is 0.409 e. The van der Waals surface area contributed by atoms with E-state index in [0.29, 0.717) is 32.5 Å². The third kappa shape index (κ3) is 5.76. The van der Waals surface area contributed by atoms with Crippen molar-refractivity contribution in [3.05, 3.63) is 12.2 Å². The summed E-state index contributed by atoms with van der Waals surface area (Å²) in [4.78, 5) is 52.1. The summed E-state index contributed by atoms with van der Waals surface area (Å²) in [6.07, 6.45) is -1.70. The van der Waals surface area contributed by atoms with Crippen LogP contribution in [0.5, 0.6) is 0 Å². The van der Waals surface area contributed by atoms with Crippen LogP contribution in [0.15, 0.2) is 6.33 Å². The Bertz CT molecular complexity index is 1380. The Morgan fingerprint density at radius 3 is 2.68 bits per heavy atom. The van der Waals surface area contributed by atoms with Gasteiger partial charge < -0.3 is 40.5 Å².